The van der Waals surface area contributed by atoms with E-state index in [2.05, 4.69) is 6.92 Å². The fraction of sp³-hybridized carbons (Fsp3) is 0.667. The molecule has 0 aliphatic heterocycles. The van der Waals surface area contributed by atoms with Gasteiger partial charge in [-0.2, -0.15) is 0 Å². The molecule has 180 valence electrons. The van der Waals surface area contributed by atoms with Crippen molar-refractivity contribution in [3.05, 3.63) is 29.8 Å². The number of benzene rings is 1. The summed E-state index contributed by atoms with van der Waals surface area (Å²) < 4.78 is 10.6. The molecule has 0 saturated carbocycles. The first kappa shape index (κ1) is 27.9. The van der Waals surface area contributed by atoms with Crippen LogP contribution in [0.15, 0.2) is 24.3 Å². The number of aldehydes is 1. The standard InChI is InChI=1S/C27H42O5/c1-2-3-4-5-6-9-12-15-22-31-26(29)16-13-10-7-8-11-14-17-27(30)32-25-20-18-24(23-28)19-21-25/h18-21,23H,2-17,22H2,1H3. The first-order valence-corrected chi connectivity index (χ1v) is 12.6. The molecule has 0 unspecified atom stereocenters. The third-order valence-electron chi connectivity index (χ3n) is 5.52. The molecule has 1 aromatic rings. The van der Waals surface area contributed by atoms with Gasteiger partial charge in [0.05, 0.1) is 6.61 Å². The molecular weight excluding hydrogens is 404 g/mol. The molecule has 5 heteroatoms. The number of hydrogen-bond donors (Lipinski definition) is 0. The van der Waals surface area contributed by atoms with E-state index in [1.807, 2.05) is 0 Å². The van der Waals surface area contributed by atoms with Crippen molar-refractivity contribution in [2.45, 2.75) is 110 Å². The van der Waals surface area contributed by atoms with E-state index in [9.17, 15) is 14.4 Å². The highest BCUT2D eigenvalue weighted by atomic mass is 16.5. The summed E-state index contributed by atoms with van der Waals surface area (Å²) in [4.78, 5) is 34.2. The number of hydrogen-bond acceptors (Lipinski definition) is 5. The lowest BCUT2D eigenvalue weighted by Crippen LogP contribution is -2.07. The van der Waals surface area contributed by atoms with E-state index >= 15 is 0 Å². The van der Waals surface area contributed by atoms with Crippen molar-refractivity contribution in [3.63, 3.8) is 0 Å². The third-order valence-corrected chi connectivity index (χ3v) is 5.52. The number of rotatable bonds is 20. The summed E-state index contributed by atoms with van der Waals surface area (Å²) in [7, 11) is 0. The summed E-state index contributed by atoms with van der Waals surface area (Å²) in [5, 5.41) is 0. The molecule has 0 heterocycles. The van der Waals surface area contributed by atoms with Gasteiger partial charge in [-0.05, 0) is 43.5 Å². The van der Waals surface area contributed by atoms with E-state index in [4.69, 9.17) is 9.47 Å². The Kier molecular flexibility index (Phi) is 17.0. The molecule has 32 heavy (non-hydrogen) atoms. The minimum Gasteiger partial charge on any atom is -0.466 e. The zero-order chi connectivity index (χ0) is 23.3. The van der Waals surface area contributed by atoms with Gasteiger partial charge in [0.2, 0.25) is 0 Å². The number of unbranched alkanes of at least 4 members (excludes halogenated alkanes) is 12. The number of carbonyl (C=O) groups excluding carboxylic acids is 3. The SMILES string of the molecule is CCCCCCCCCCOC(=O)CCCCCCCCC(=O)Oc1ccc(C=O)cc1. The lowest BCUT2D eigenvalue weighted by molar-refractivity contribution is -0.144. The average Bonchev–Trinajstić information content (AvgIpc) is 2.80. The van der Waals surface area contributed by atoms with Crippen LogP contribution in [0, 0.1) is 0 Å². The minimum atomic E-state index is -0.247. The molecule has 0 N–H and O–H groups in total. The predicted octanol–water partition coefficient (Wildman–Crippen LogP) is 7.21. The molecule has 0 spiro atoms. The maximum atomic E-state index is 11.8. The highest BCUT2D eigenvalue weighted by Gasteiger charge is 2.06. The molecule has 0 fully saturated rings. The molecule has 0 saturated heterocycles. The van der Waals surface area contributed by atoms with Crippen LogP contribution in [0.25, 0.3) is 0 Å². The third kappa shape index (κ3) is 15.6. The van der Waals surface area contributed by atoms with E-state index in [0.717, 1.165) is 57.7 Å². The molecule has 1 aromatic carbocycles. The van der Waals surface area contributed by atoms with Gasteiger partial charge in [0, 0.05) is 18.4 Å². The molecule has 0 aliphatic rings. The Hall–Kier alpha value is -2.17. The average molecular weight is 447 g/mol. The van der Waals surface area contributed by atoms with Gasteiger partial charge < -0.3 is 9.47 Å². The molecule has 0 bridgehead atoms. The fourth-order valence-corrected chi connectivity index (χ4v) is 3.54. The number of esters is 2. The van der Waals surface area contributed by atoms with Crippen molar-refractivity contribution >= 4 is 18.2 Å². The molecule has 0 atom stereocenters. The van der Waals surface area contributed by atoms with Gasteiger partial charge in [0.1, 0.15) is 12.0 Å². The highest BCUT2D eigenvalue weighted by molar-refractivity contribution is 5.76. The van der Waals surface area contributed by atoms with Crippen LogP contribution in [0.4, 0.5) is 0 Å². The zero-order valence-corrected chi connectivity index (χ0v) is 19.9. The lowest BCUT2D eigenvalue weighted by atomic mass is 10.1. The van der Waals surface area contributed by atoms with Crippen molar-refractivity contribution in [2.75, 3.05) is 6.61 Å². The molecule has 0 aliphatic carbocycles. The maximum absolute atomic E-state index is 11.8. The molecular formula is C27H42O5. The summed E-state index contributed by atoms with van der Waals surface area (Å²) in [5.74, 6) is 0.148. The Balaban J connectivity index is 1.87. The first-order valence-electron chi connectivity index (χ1n) is 12.6. The number of ether oxygens (including phenoxy) is 2. The van der Waals surface area contributed by atoms with Gasteiger partial charge >= 0.3 is 11.9 Å². The summed E-state index contributed by atoms with van der Waals surface area (Å²) in [6, 6.07) is 6.51. The largest absolute Gasteiger partial charge is 0.466 e. The van der Waals surface area contributed by atoms with Crippen molar-refractivity contribution < 1.29 is 23.9 Å². The van der Waals surface area contributed by atoms with Crippen LogP contribution in [0.1, 0.15) is 120 Å². The van der Waals surface area contributed by atoms with E-state index in [1.54, 1.807) is 24.3 Å². The second-order valence-corrected chi connectivity index (χ2v) is 8.48. The van der Waals surface area contributed by atoms with Crippen molar-refractivity contribution in [3.8, 4) is 5.75 Å². The van der Waals surface area contributed by atoms with Crippen LogP contribution in [0.2, 0.25) is 0 Å². The van der Waals surface area contributed by atoms with Crippen molar-refractivity contribution in [1.29, 1.82) is 0 Å². The van der Waals surface area contributed by atoms with E-state index < -0.39 is 0 Å². The van der Waals surface area contributed by atoms with Gasteiger partial charge in [0.25, 0.3) is 0 Å². The molecule has 5 nitrogen and oxygen atoms in total. The van der Waals surface area contributed by atoms with Crippen LogP contribution >= 0.6 is 0 Å². The van der Waals surface area contributed by atoms with E-state index in [1.165, 1.54) is 38.5 Å². The normalized spacial score (nSPS) is 10.7. The van der Waals surface area contributed by atoms with Crippen molar-refractivity contribution in [2.24, 2.45) is 0 Å². The van der Waals surface area contributed by atoms with Gasteiger partial charge in [-0.15, -0.1) is 0 Å². The van der Waals surface area contributed by atoms with Gasteiger partial charge in [-0.25, -0.2) is 0 Å². The van der Waals surface area contributed by atoms with E-state index in [0.29, 0.717) is 30.8 Å². The zero-order valence-electron chi connectivity index (χ0n) is 19.9. The van der Waals surface area contributed by atoms with Crippen LogP contribution in [0.5, 0.6) is 5.75 Å². The lowest BCUT2D eigenvalue weighted by Gasteiger charge is -2.06. The van der Waals surface area contributed by atoms with Crippen LogP contribution in [-0.2, 0) is 14.3 Å². The summed E-state index contributed by atoms with van der Waals surface area (Å²) >= 11 is 0. The monoisotopic (exact) mass is 446 g/mol. The maximum Gasteiger partial charge on any atom is 0.311 e. The minimum absolute atomic E-state index is 0.0723. The van der Waals surface area contributed by atoms with Crippen LogP contribution in [-0.4, -0.2) is 24.8 Å². The topological polar surface area (TPSA) is 69.7 Å². The molecule has 1 rings (SSSR count). The predicted molar refractivity (Wildman–Crippen MR) is 128 cm³/mol. The second kappa shape index (κ2) is 19.5. The highest BCUT2D eigenvalue weighted by Crippen LogP contribution is 2.14. The second-order valence-electron chi connectivity index (χ2n) is 8.48. The molecule has 0 radical (unpaired) electrons. The molecule has 0 amide bonds. The van der Waals surface area contributed by atoms with Gasteiger partial charge in [0.15, 0.2) is 0 Å². The van der Waals surface area contributed by atoms with E-state index in [-0.39, 0.29) is 11.9 Å². The first-order chi connectivity index (χ1) is 15.7. The fourth-order valence-electron chi connectivity index (χ4n) is 3.54. The Bertz CT molecular complexity index is 623. The number of carbonyl (C=O) groups is 3. The summed E-state index contributed by atoms with van der Waals surface area (Å²) in [6.07, 6.45) is 17.4. The Morgan fingerprint density at radius 1 is 0.688 bits per heavy atom. The smallest absolute Gasteiger partial charge is 0.311 e. The van der Waals surface area contributed by atoms with Crippen LogP contribution in [0.3, 0.4) is 0 Å². The Labute approximate surface area is 194 Å². The quantitative estimate of drug-likeness (QED) is 0.0916. The van der Waals surface area contributed by atoms with Gasteiger partial charge in [-0.3, -0.25) is 14.4 Å². The Morgan fingerprint density at radius 2 is 1.19 bits per heavy atom. The van der Waals surface area contributed by atoms with Gasteiger partial charge in [-0.1, -0.05) is 77.6 Å². The summed E-state index contributed by atoms with van der Waals surface area (Å²) in [6.45, 7) is 2.79. The van der Waals surface area contributed by atoms with Crippen LogP contribution < -0.4 is 4.74 Å². The van der Waals surface area contributed by atoms with Crippen molar-refractivity contribution in [1.82, 2.24) is 0 Å². The summed E-state index contributed by atoms with van der Waals surface area (Å²) in [5.41, 5.74) is 0.557. The Morgan fingerprint density at radius 3 is 1.75 bits per heavy atom. The molecule has 0 aromatic heterocycles.